The van der Waals surface area contributed by atoms with Gasteiger partial charge in [-0.05, 0) is 54.7 Å². The Morgan fingerprint density at radius 3 is 2.73 bits per heavy atom. The van der Waals surface area contributed by atoms with Crippen LogP contribution in [0.3, 0.4) is 0 Å². The predicted molar refractivity (Wildman–Crippen MR) is 152 cm³/mol. The largest absolute Gasteiger partial charge is 0.495 e. The van der Waals surface area contributed by atoms with Crippen molar-refractivity contribution in [3.8, 4) is 17.1 Å². The summed E-state index contributed by atoms with van der Waals surface area (Å²) in [6, 6.07) is 19.9. The Balaban J connectivity index is 1.58. The summed E-state index contributed by atoms with van der Waals surface area (Å²) in [4.78, 5) is 29.6. The zero-order valence-corrected chi connectivity index (χ0v) is 22.4. The van der Waals surface area contributed by atoms with Crippen LogP contribution < -0.4 is 20.3 Å². The number of hydrogen-bond donors (Lipinski definition) is 2. The number of methoxy groups -OCH3 is 2. The van der Waals surface area contributed by atoms with Gasteiger partial charge in [0, 0.05) is 36.7 Å². The summed E-state index contributed by atoms with van der Waals surface area (Å²) < 4.78 is 16.7. The van der Waals surface area contributed by atoms with Crippen LogP contribution in [0.1, 0.15) is 23.5 Å². The van der Waals surface area contributed by atoms with E-state index in [-0.39, 0.29) is 24.2 Å². The molecule has 2 unspecified atom stereocenters. The number of thiocarbonyl (C=S) groups is 1. The van der Waals surface area contributed by atoms with Crippen LogP contribution in [0, 0.1) is 10.1 Å². The van der Waals surface area contributed by atoms with Gasteiger partial charge >= 0.3 is 0 Å². The van der Waals surface area contributed by atoms with Crippen molar-refractivity contribution in [1.82, 2.24) is 10.3 Å². The number of nitro benzene ring substituents is 1. The molecule has 1 aliphatic heterocycles. The summed E-state index contributed by atoms with van der Waals surface area (Å²) in [5.74, 6) is 1.16. The first-order chi connectivity index (χ1) is 19.4. The van der Waals surface area contributed by atoms with E-state index in [1.807, 2.05) is 35.2 Å². The molecule has 3 heterocycles. The van der Waals surface area contributed by atoms with Gasteiger partial charge in [-0.2, -0.15) is 0 Å². The number of nitrogens with one attached hydrogen (secondary N) is 2. The van der Waals surface area contributed by atoms with Gasteiger partial charge in [0.1, 0.15) is 29.9 Å². The van der Waals surface area contributed by atoms with Gasteiger partial charge in [0.05, 0.1) is 29.5 Å². The van der Waals surface area contributed by atoms with Gasteiger partial charge in [-0.15, -0.1) is 0 Å². The monoisotopic (exact) mass is 559 g/mol. The number of carbonyl (C=O) groups excluding carboxylic acids is 1. The highest BCUT2D eigenvalue weighted by atomic mass is 32.1. The van der Waals surface area contributed by atoms with Crippen molar-refractivity contribution in [2.75, 3.05) is 31.0 Å². The minimum atomic E-state index is -0.481. The van der Waals surface area contributed by atoms with E-state index >= 15 is 0 Å². The summed E-state index contributed by atoms with van der Waals surface area (Å²) in [5.41, 5.74) is 2.40. The molecule has 1 amide bonds. The summed E-state index contributed by atoms with van der Waals surface area (Å²) in [5, 5.41) is 17.9. The van der Waals surface area contributed by atoms with Gasteiger partial charge in [-0.1, -0.05) is 18.2 Å². The Kier molecular flexibility index (Phi) is 7.71. The van der Waals surface area contributed by atoms with Crippen molar-refractivity contribution in [2.45, 2.75) is 12.1 Å². The van der Waals surface area contributed by atoms with E-state index in [4.69, 9.17) is 26.1 Å². The van der Waals surface area contributed by atoms with E-state index in [1.54, 1.807) is 36.5 Å². The van der Waals surface area contributed by atoms with Crippen molar-refractivity contribution in [1.29, 1.82) is 0 Å². The third-order valence-electron chi connectivity index (χ3n) is 6.37. The second-order valence-corrected chi connectivity index (χ2v) is 9.26. The summed E-state index contributed by atoms with van der Waals surface area (Å²) in [7, 11) is 2.95. The molecule has 1 saturated heterocycles. The number of furan rings is 1. The summed E-state index contributed by atoms with van der Waals surface area (Å²) >= 11 is 5.79. The van der Waals surface area contributed by atoms with Gasteiger partial charge in [0.2, 0.25) is 5.91 Å². The molecular formula is C28H25N5O6S. The molecule has 204 valence electrons. The average molecular weight is 560 g/mol. The number of rotatable bonds is 9. The molecule has 2 atom stereocenters. The van der Waals surface area contributed by atoms with Crippen LogP contribution in [0.2, 0.25) is 0 Å². The molecule has 1 aliphatic rings. The third-order valence-corrected chi connectivity index (χ3v) is 6.68. The zero-order chi connectivity index (χ0) is 28.2. The molecule has 0 radical (unpaired) electrons. The fraction of sp³-hybridized carbons (Fsp3) is 0.179. The molecular weight excluding hydrogens is 534 g/mol. The van der Waals surface area contributed by atoms with E-state index < -0.39 is 11.0 Å². The van der Waals surface area contributed by atoms with E-state index in [0.29, 0.717) is 39.3 Å². The average Bonchev–Trinajstić information content (AvgIpc) is 3.58. The van der Waals surface area contributed by atoms with Crippen LogP contribution >= 0.6 is 12.2 Å². The summed E-state index contributed by atoms with van der Waals surface area (Å²) in [6.45, 7) is -0.117. The van der Waals surface area contributed by atoms with E-state index in [1.165, 1.54) is 26.4 Å². The number of benzene rings is 2. The lowest BCUT2D eigenvalue weighted by atomic mass is 10.0. The second kappa shape index (κ2) is 11.5. The van der Waals surface area contributed by atoms with Gasteiger partial charge in [-0.25, -0.2) is 0 Å². The van der Waals surface area contributed by atoms with Crippen LogP contribution in [-0.4, -0.2) is 41.8 Å². The van der Waals surface area contributed by atoms with Crippen LogP contribution in [0.25, 0.3) is 11.3 Å². The topological polar surface area (TPSA) is 132 Å². The quantitative estimate of drug-likeness (QED) is 0.164. The molecule has 2 N–H and O–H groups in total. The Morgan fingerprint density at radius 2 is 2.00 bits per heavy atom. The number of nitro groups is 1. The maximum Gasteiger partial charge on any atom is 0.270 e. The van der Waals surface area contributed by atoms with Gasteiger partial charge in [-0.3, -0.25) is 19.9 Å². The van der Waals surface area contributed by atoms with Crippen LogP contribution in [0.15, 0.2) is 83.4 Å². The lowest BCUT2D eigenvalue weighted by molar-refractivity contribution is -0.384. The SMILES string of the molecule is COCC(=O)Nc1cc(N2C(=S)NC(c3ccccn3)C2c2ccc(-c3cccc([N+](=O)[O-])c3)o2)ccc1OC. The Bertz CT molecular complexity index is 1560. The minimum Gasteiger partial charge on any atom is -0.495 e. The Morgan fingerprint density at radius 1 is 1.15 bits per heavy atom. The highest BCUT2D eigenvalue weighted by Gasteiger charge is 2.43. The third kappa shape index (κ3) is 5.35. The molecule has 1 fully saturated rings. The fourth-order valence-corrected chi connectivity index (χ4v) is 4.97. The van der Waals surface area contributed by atoms with Crippen molar-refractivity contribution < 1.29 is 23.6 Å². The molecule has 0 spiro atoms. The van der Waals surface area contributed by atoms with Gasteiger partial charge in [0.15, 0.2) is 5.11 Å². The molecule has 2 aromatic carbocycles. The Labute approximate surface area is 234 Å². The number of hydrogen-bond acceptors (Lipinski definition) is 8. The van der Waals surface area contributed by atoms with Gasteiger partial charge < -0.3 is 29.4 Å². The smallest absolute Gasteiger partial charge is 0.270 e. The lowest BCUT2D eigenvalue weighted by Gasteiger charge is -2.27. The van der Waals surface area contributed by atoms with Crippen molar-refractivity contribution >= 4 is 40.3 Å². The van der Waals surface area contributed by atoms with Crippen LogP contribution in [-0.2, 0) is 9.53 Å². The second-order valence-electron chi connectivity index (χ2n) is 8.87. The van der Waals surface area contributed by atoms with Crippen LogP contribution in [0.5, 0.6) is 5.75 Å². The molecule has 12 heteroatoms. The number of amides is 1. The first-order valence-corrected chi connectivity index (χ1v) is 12.6. The minimum absolute atomic E-state index is 0.0339. The highest BCUT2D eigenvalue weighted by molar-refractivity contribution is 7.80. The number of non-ortho nitro benzene ring substituents is 1. The molecule has 2 aromatic heterocycles. The number of anilines is 2. The molecule has 11 nitrogen and oxygen atoms in total. The molecule has 4 aromatic rings. The first-order valence-electron chi connectivity index (χ1n) is 12.2. The van der Waals surface area contributed by atoms with Crippen molar-refractivity contribution in [3.63, 3.8) is 0 Å². The molecule has 40 heavy (non-hydrogen) atoms. The van der Waals surface area contributed by atoms with E-state index in [2.05, 4.69) is 15.6 Å². The Hall–Kier alpha value is -4.81. The van der Waals surface area contributed by atoms with Gasteiger partial charge in [0.25, 0.3) is 5.69 Å². The normalized spacial score (nSPS) is 16.4. The fourth-order valence-electron chi connectivity index (χ4n) is 4.62. The maximum absolute atomic E-state index is 12.3. The van der Waals surface area contributed by atoms with E-state index in [0.717, 1.165) is 5.69 Å². The number of nitrogens with zero attached hydrogens (tertiary/aromatic N) is 3. The maximum atomic E-state index is 12.3. The standard InChI is InChI=1S/C28H25N5O6S/c1-37-16-25(34)30-21-15-18(9-10-23(21)38-2)32-27(26(31-28(32)40)20-8-3-4-13-29-20)24-12-11-22(39-24)17-6-5-7-19(14-17)33(35)36/h3-15,26-27H,16H2,1-2H3,(H,30,34)(H,31,40). The number of aromatic nitrogens is 1. The number of pyridine rings is 1. The van der Waals surface area contributed by atoms with Crippen molar-refractivity contribution in [3.05, 3.63) is 101 Å². The molecule has 0 aliphatic carbocycles. The van der Waals surface area contributed by atoms with Crippen molar-refractivity contribution in [2.24, 2.45) is 0 Å². The number of ether oxygens (including phenoxy) is 2. The number of carbonyl (C=O) groups is 1. The molecule has 5 rings (SSSR count). The zero-order valence-electron chi connectivity index (χ0n) is 21.6. The highest BCUT2D eigenvalue weighted by Crippen LogP contribution is 2.44. The molecule has 0 saturated carbocycles. The first kappa shape index (κ1) is 26.8. The lowest BCUT2D eigenvalue weighted by Crippen LogP contribution is -2.29. The summed E-state index contributed by atoms with van der Waals surface area (Å²) in [6.07, 6.45) is 1.70. The predicted octanol–water partition coefficient (Wildman–Crippen LogP) is 5.02. The molecule has 0 bridgehead atoms. The van der Waals surface area contributed by atoms with Crippen LogP contribution in [0.4, 0.5) is 17.1 Å². The van der Waals surface area contributed by atoms with E-state index in [9.17, 15) is 14.9 Å².